The van der Waals surface area contributed by atoms with Crippen molar-refractivity contribution in [1.82, 2.24) is 0 Å². The summed E-state index contributed by atoms with van der Waals surface area (Å²) in [6.07, 6.45) is 0. The molecule has 0 aliphatic carbocycles. The molecular formula is C14H16O4. The van der Waals surface area contributed by atoms with E-state index < -0.39 is 11.9 Å². The van der Waals surface area contributed by atoms with Crippen molar-refractivity contribution in [2.45, 2.75) is 27.7 Å². The third-order valence-electron chi connectivity index (χ3n) is 2.31. The highest BCUT2D eigenvalue weighted by Crippen LogP contribution is 2.34. The molecule has 0 aliphatic heterocycles. The largest absolute Gasteiger partial charge is 0.426 e. The van der Waals surface area contributed by atoms with Crippen LogP contribution in [0.15, 0.2) is 18.7 Å². The molecule has 1 aromatic carbocycles. The van der Waals surface area contributed by atoms with Crippen LogP contribution in [0, 0.1) is 6.92 Å². The number of carbonyl (C=O) groups excluding carboxylic acids is 2. The average Bonchev–Trinajstić information content (AvgIpc) is 2.20. The minimum atomic E-state index is -0.405. The number of hydrogen-bond acceptors (Lipinski definition) is 4. The van der Waals surface area contributed by atoms with Crippen LogP contribution in [-0.2, 0) is 9.59 Å². The van der Waals surface area contributed by atoms with Gasteiger partial charge in [0.1, 0.15) is 11.5 Å². The Morgan fingerprint density at radius 3 is 1.89 bits per heavy atom. The van der Waals surface area contributed by atoms with Gasteiger partial charge in [0, 0.05) is 25.0 Å². The zero-order valence-corrected chi connectivity index (χ0v) is 11.0. The number of rotatable bonds is 3. The molecule has 0 aromatic heterocycles. The number of benzene rings is 1. The molecule has 1 aromatic rings. The van der Waals surface area contributed by atoms with Gasteiger partial charge in [0.15, 0.2) is 0 Å². The van der Waals surface area contributed by atoms with Gasteiger partial charge in [-0.3, -0.25) is 9.59 Å². The third-order valence-corrected chi connectivity index (χ3v) is 2.31. The van der Waals surface area contributed by atoms with Crippen molar-refractivity contribution in [2.24, 2.45) is 0 Å². The Kier molecular flexibility index (Phi) is 4.26. The first-order valence-electron chi connectivity index (χ1n) is 5.49. The molecule has 0 unspecified atom stereocenters. The smallest absolute Gasteiger partial charge is 0.308 e. The molecule has 0 heterocycles. The molecular weight excluding hydrogens is 232 g/mol. The second-order valence-electron chi connectivity index (χ2n) is 4.03. The van der Waals surface area contributed by atoms with E-state index >= 15 is 0 Å². The van der Waals surface area contributed by atoms with E-state index in [0.29, 0.717) is 17.1 Å². The fourth-order valence-electron chi connectivity index (χ4n) is 1.70. The van der Waals surface area contributed by atoms with Crippen molar-refractivity contribution in [2.75, 3.05) is 0 Å². The van der Waals surface area contributed by atoms with Gasteiger partial charge in [0.25, 0.3) is 0 Å². The summed E-state index contributed by atoms with van der Waals surface area (Å²) in [5.41, 5.74) is 2.14. The lowest BCUT2D eigenvalue weighted by Crippen LogP contribution is -2.07. The maximum Gasteiger partial charge on any atom is 0.308 e. The monoisotopic (exact) mass is 248 g/mol. The van der Waals surface area contributed by atoms with Gasteiger partial charge in [0.2, 0.25) is 0 Å². The van der Waals surface area contributed by atoms with Crippen molar-refractivity contribution in [3.8, 4) is 11.5 Å². The Balaban J connectivity index is 3.32. The molecule has 0 saturated heterocycles. The maximum absolute atomic E-state index is 11.0. The van der Waals surface area contributed by atoms with Crippen molar-refractivity contribution in [1.29, 1.82) is 0 Å². The van der Waals surface area contributed by atoms with Crippen LogP contribution in [0.1, 0.15) is 31.9 Å². The first-order chi connectivity index (χ1) is 8.32. The summed E-state index contributed by atoms with van der Waals surface area (Å²) in [6.45, 7) is 10.1. The van der Waals surface area contributed by atoms with Crippen LogP contribution in [0.3, 0.4) is 0 Å². The first kappa shape index (κ1) is 14.0. The van der Waals surface area contributed by atoms with Crippen LogP contribution in [0.2, 0.25) is 0 Å². The van der Waals surface area contributed by atoms with E-state index in [4.69, 9.17) is 9.47 Å². The van der Waals surface area contributed by atoms with E-state index in [9.17, 15) is 9.59 Å². The Labute approximate surface area is 106 Å². The minimum Gasteiger partial charge on any atom is -0.426 e. The summed E-state index contributed by atoms with van der Waals surface area (Å²) in [6, 6.07) is 3.19. The first-order valence-corrected chi connectivity index (χ1v) is 5.49. The number of ether oxygens (including phenoxy) is 2. The van der Waals surface area contributed by atoms with E-state index in [1.807, 2.05) is 0 Å². The van der Waals surface area contributed by atoms with Crippen molar-refractivity contribution < 1.29 is 19.1 Å². The van der Waals surface area contributed by atoms with E-state index in [-0.39, 0.29) is 0 Å². The Hall–Kier alpha value is -2.10. The van der Waals surface area contributed by atoms with Gasteiger partial charge in [-0.1, -0.05) is 6.58 Å². The predicted molar refractivity (Wildman–Crippen MR) is 68.5 cm³/mol. The fraction of sp³-hybridized carbons (Fsp3) is 0.286. The normalized spacial score (nSPS) is 9.78. The van der Waals surface area contributed by atoms with E-state index in [2.05, 4.69) is 6.58 Å². The molecule has 4 heteroatoms. The lowest BCUT2D eigenvalue weighted by atomic mass is 10.0. The van der Waals surface area contributed by atoms with Crippen LogP contribution < -0.4 is 9.47 Å². The van der Waals surface area contributed by atoms with Gasteiger partial charge in [-0.15, -0.1) is 0 Å². The summed E-state index contributed by atoms with van der Waals surface area (Å²) in [5, 5.41) is 0. The topological polar surface area (TPSA) is 52.6 Å². The summed E-state index contributed by atoms with van der Waals surface area (Å²) in [4.78, 5) is 22.0. The van der Waals surface area contributed by atoms with E-state index in [1.54, 1.807) is 26.0 Å². The summed E-state index contributed by atoms with van der Waals surface area (Å²) in [7, 11) is 0. The molecule has 0 amide bonds. The van der Waals surface area contributed by atoms with Crippen molar-refractivity contribution in [3.05, 3.63) is 29.8 Å². The van der Waals surface area contributed by atoms with E-state index in [0.717, 1.165) is 11.1 Å². The number of esters is 2. The molecule has 0 radical (unpaired) electrons. The number of allylic oxidation sites excluding steroid dienone is 1. The molecule has 0 saturated carbocycles. The molecule has 0 bridgehead atoms. The van der Waals surface area contributed by atoms with Gasteiger partial charge in [-0.2, -0.15) is 0 Å². The van der Waals surface area contributed by atoms with Crippen molar-refractivity contribution >= 4 is 17.5 Å². The van der Waals surface area contributed by atoms with Crippen LogP contribution in [-0.4, -0.2) is 11.9 Å². The van der Waals surface area contributed by atoms with Crippen LogP contribution in [0.4, 0.5) is 0 Å². The molecule has 0 aliphatic rings. The fourth-order valence-corrected chi connectivity index (χ4v) is 1.70. The van der Waals surface area contributed by atoms with Crippen molar-refractivity contribution in [3.63, 3.8) is 0 Å². The Morgan fingerprint density at radius 1 is 1.00 bits per heavy atom. The molecule has 4 nitrogen and oxygen atoms in total. The second-order valence-corrected chi connectivity index (χ2v) is 4.03. The van der Waals surface area contributed by atoms with Crippen LogP contribution in [0.25, 0.3) is 5.57 Å². The molecule has 0 atom stereocenters. The van der Waals surface area contributed by atoms with E-state index in [1.165, 1.54) is 13.8 Å². The summed E-state index contributed by atoms with van der Waals surface area (Å²) in [5.74, 6) is 0.0583. The average molecular weight is 248 g/mol. The Bertz CT molecular complexity index is 515. The molecule has 96 valence electrons. The lowest BCUT2D eigenvalue weighted by Gasteiger charge is -2.15. The predicted octanol–water partition coefficient (Wildman–Crippen LogP) is 2.88. The molecule has 0 spiro atoms. The zero-order chi connectivity index (χ0) is 13.9. The third kappa shape index (κ3) is 3.20. The zero-order valence-electron chi connectivity index (χ0n) is 11.0. The Morgan fingerprint density at radius 2 is 1.44 bits per heavy atom. The van der Waals surface area contributed by atoms with Gasteiger partial charge >= 0.3 is 11.9 Å². The standard InChI is InChI=1S/C14H16O4/c1-8(2)14-9(3)12(17-10(4)15)6-7-13(14)18-11(5)16/h6-7H,1H2,2-5H3. The summed E-state index contributed by atoms with van der Waals surface area (Å²) >= 11 is 0. The minimum absolute atomic E-state index is 0.397. The number of carbonyl (C=O) groups is 2. The van der Waals surface area contributed by atoms with Crippen LogP contribution >= 0.6 is 0 Å². The maximum atomic E-state index is 11.0. The molecule has 0 fully saturated rings. The quantitative estimate of drug-likeness (QED) is 0.609. The highest BCUT2D eigenvalue weighted by molar-refractivity contribution is 5.78. The van der Waals surface area contributed by atoms with Gasteiger partial charge in [-0.05, 0) is 31.6 Å². The van der Waals surface area contributed by atoms with Gasteiger partial charge in [0.05, 0.1) is 0 Å². The van der Waals surface area contributed by atoms with Crippen LogP contribution in [0.5, 0.6) is 11.5 Å². The molecule has 1 rings (SSSR count). The molecule has 0 N–H and O–H groups in total. The summed E-state index contributed by atoms with van der Waals surface area (Å²) < 4.78 is 10.2. The highest BCUT2D eigenvalue weighted by atomic mass is 16.5. The van der Waals surface area contributed by atoms with Gasteiger partial charge < -0.3 is 9.47 Å². The molecule has 18 heavy (non-hydrogen) atoms. The van der Waals surface area contributed by atoms with Gasteiger partial charge in [-0.25, -0.2) is 0 Å². The SMILES string of the molecule is C=C(C)c1c(OC(C)=O)ccc(OC(C)=O)c1C. The second kappa shape index (κ2) is 5.49. The number of hydrogen-bond donors (Lipinski definition) is 0. The highest BCUT2D eigenvalue weighted by Gasteiger charge is 2.15. The lowest BCUT2D eigenvalue weighted by molar-refractivity contribution is -0.133.